The molecule has 0 aliphatic carbocycles. The summed E-state index contributed by atoms with van der Waals surface area (Å²) in [6, 6.07) is 2.04. The van der Waals surface area contributed by atoms with Gasteiger partial charge >= 0.3 is 0 Å². The summed E-state index contributed by atoms with van der Waals surface area (Å²) in [5, 5.41) is 11.9. The van der Waals surface area contributed by atoms with Crippen LogP contribution in [0.25, 0.3) is 0 Å². The van der Waals surface area contributed by atoms with E-state index in [0.717, 1.165) is 23.7 Å². The average Bonchev–Trinajstić information content (AvgIpc) is 2.51. The maximum absolute atomic E-state index is 9.83. The largest absolute Gasteiger partial charge is 0.393 e. The van der Waals surface area contributed by atoms with Crippen LogP contribution in [0.5, 0.6) is 0 Å². The first-order valence-corrected chi connectivity index (χ1v) is 6.70. The third-order valence-corrected chi connectivity index (χ3v) is 4.43. The highest BCUT2D eigenvalue weighted by Crippen LogP contribution is 2.25. The first-order valence-electron chi connectivity index (χ1n) is 5.03. The fourth-order valence-corrected chi connectivity index (χ4v) is 2.99. The monoisotopic (exact) mass is 276 g/mol. The maximum atomic E-state index is 9.83. The lowest BCUT2D eigenvalue weighted by molar-refractivity contribution is 0.145. The molecule has 1 aromatic heterocycles. The standard InChI is InChI=1S/C11H17BrOS/c1-3-8(2)6-9(13)7-11-10(12)4-5-14-11/h4-5,8-9,13H,3,6-7H2,1-2H3. The predicted octanol–water partition coefficient (Wildman–Crippen LogP) is 3.85. The fourth-order valence-electron chi connectivity index (χ4n) is 1.40. The zero-order valence-electron chi connectivity index (χ0n) is 8.66. The Bertz CT molecular complexity index is 272. The molecule has 0 fully saturated rings. The zero-order valence-corrected chi connectivity index (χ0v) is 11.1. The normalized spacial score (nSPS) is 15.4. The van der Waals surface area contributed by atoms with Crippen LogP contribution in [-0.4, -0.2) is 11.2 Å². The molecule has 0 spiro atoms. The van der Waals surface area contributed by atoms with E-state index in [2.05, 4.69) is 35.2 Å². The van der Waals surface area contributed by atoms with Crippen molar-refractivity contribution in [2.24, 2.45) is 5.92 Å². The van der Waals surface area contributed by atoms with Gasteiger partial charge in [0.15, 0.2) is 0 Å². The summed E-state index contributed by atoms with van der Waals surface area (Å²) in [4.78, 5) is 1.25. The molecule has 1 nitrogen and oxygen atoms in total. The number of aliphatic hydroxyl groups is 1. The van der Waals surface area contributed by atoms with Gasteiger partial charge in [-0.15, -0.1) is 11.3 Å². The van der Waals surface area contributed by atoms with Crippen LogP contribution in [0.2, 0.25) is 0 Å². The molecule has 0 radical (unpaired) electrons. The zero-order chi connectivity index (χ0) is 10.6. The molecule has 1 aromatic rings. The molecular weight excluding hydrogens is 260 g/mol. The molecule has 1 N–H and O–H groups in total. The molecule has 0 bridgehead atoms. The Morgan fingerprint density at radius 3 is 2.79 bits per heavy atom. The minimum absolute atomic E-state index is 0.195. The molecule has 14 heavy (non-hydrogen) atoms. The van der Waals surface area contributed by atoms with Gasteiger partial charge in [-0.1, -0.05) is 20.3 Å². The van der Waals surface area contributed by atoms with Gasteiger partial charge in [0, 0.05) is 15.8 Å². The number of rotatable bonds is 5. The van der Waals surface area contributed by atoms with Gasteiger partial charge in [0.2, 0.25) is 0 Å². The van der Waals surface area contributed by atoms with Gasteiger partial charge in [-0.25, -0.2) is 0 Å². The van der Waals surface area contributed by atoms with Gasteiger partial charge in [0.05, 0.1) is 6.10 Å². The lowest BCUT2D eigenvalue weighted by Gasteiger charge is -2.14. The van der Waals surface area contributed by atoms with Gasteiger partial charge in [-0.3, -0.25) is 0 Å². The highest BCUT2D eigenvalue weighted by molar-refractivity contribution is 9.10. The van der Waals surface area contributed by atoms with Crippen molar-refractivity contribution in [2.45, 2.75) is 39.2 Å². The maximum Gasteiger partial charge on any atom is 0.0591 e. The summed E-state index contributed by atoms with van der Waals surface area (Å²) < 4.78 is 1.13. The minimum atomic E-state index is -0.195. The third kappa shape index (κ3) is 3.71. The number of aliphatic hydroxyl groups excluding tert-OH is 1. The summed E-state index contributed by atoms with van der Waals surface area (Å²) in [6.07, 6.45) is 2.63. The number of thiophene rings is 1. The predicted molar refractivity (Wildman–Crippen MR) is 65.8 cm³/mol. The minimum Gasteiger partial charge on any atom is -0.393 e. The Balaban J connectivity index is 2.41. The third-order valence-electron chi connectivity index (χ3n) is 2.48. The molecule has 1 heterocycles. The van der Waals surface area contributed by atoms with Crippen LogP contribution in [-0.2, 0) is 6.42 Å². The second-order valence-corrected chi connectivity index (χ2v) is 5.65. The number of hydrogen-bond acceptors (Lipinski definition) is 2. The molecule has 0 aromatic carbocycles. The van der Waals surface area contributed by atoms with Crippen molar-refractivity contribution < 1.29 is 5.11 Å². The highest BCUT2D eigenvalue weighted by atomic mass is 79.9. The molecule has 0 amide bonds. The first-order chi connectivity index (χ1) is 6.63. The van der Waals surface area contributed by atoms with Crippen molar-refractivity contribution in [3.63, 3.8) is 0 Å². The molecular formula is C11H17BrOS. The van der Waals surface area contributed by atoms with E-state index >= 15 is 0 Å². The lowest BCUT2D eigenvalue weighted by Crippen LogP contribution is -2.13. The van der Waals surface area contributed by atoms with Crippen molar-refractivity contribution in [3.05, 3.63) is 20.8 Å². The van der Waals surface area contributed by atoms with Gasteiger partial charge in [0.25, 0.3) is 0 Å². The van der Waals surface area contributed by atoms with E-state index in [4.69, 9.17) is 0 Å². The van der Waals surface area contributed by atoms with Crippen LogP contribution in [0.15, 0.2) is 15.9 Å². The van der Waals surface area contributed by atoms with Crippen molar-refractivity contribution in [3.8, 4) is 0 Å². The second kappa shape index (κ2) is 5.89. The topological polar surface area (TPSA) is 20.2 Å². The smallest absolute Gasteiger partial charge is 0.0591 e. The highest BCUT2D eigenvalue weighted by Gasteiger charge is 2.12. The Morgan fingerprint density at radius 1 is 1.57 bits per heavy atom. The Kier molecular flexibility index (Phi) is 5.13. The van der Waals surface area contributed by atoms with Crippen LogP contribution in [0.3, 0.4) is 0 Å². The summed E-state index contributed by atoms with van der Waals surface area (Å²) in [5.74, 6) is 0.615. The molecule has 1 rings (SSSR count). The Labute approximate surface area is 98.3 Å². The van der Waals surface area contributed by atoms with Gasteiger partial charge in [0.1, 0.15) is 0 Å². The summed E-state index contributed by atoms with van der Waals surface area (Å²) in [7, 11) is 0. The van der Waals surface area contributed by atoms with Crippen molar-refractivity contribution >= 4 is 27.3 Å². The molecule has 3 heteroatoms. The SMILES string of the molecule is CCC(C)CC(O)Cc1sccc1Br. The van der Waals surface area contributed by atoms with Crippen LogP contribution < -0.4 is 0 Å². The van der Waals surface area contributed by atoms with Gasteiger partial charge < -0.3 is 5.11 Å². The molecule has 0 aliphatic heterocycles. The van der Waals surface area contributed by atoms with Crippen molar-refractivity contribution in [2.75, 3.05) is 0 Å². The van der Waals surface area contributed by atoms with Crippen LogP contribution in [0, 0.1) is 5.92 Å². The second-order valence-electron chi connectivity index (χ2n) is 3.80. The van der Waals surface area contributed by atoms with Crippen molar-refractivity contribution in [1.29, 1.82) is 0 Å². The van der Waals surface area contributed by atoms with Crippen molar-refractivity contribution in [1.82, 2.24) is 0 Å². The number of halogens is 1. The molecule has 0 saturated carbocycles. The molecule has 2 unspecified atom stereocenters. The number of hydrogen-bond donors (Lipinski definition) is 1. The molecule has 2 atom stereocenters. The molecule has 0 aliphatic rings. The Hall–Kier alpha value is 0.140. The van der Waals surface area contributed by atoms with E-state index in [0.29, 0.717) is 5.92 Å². The first kappa shape index (κ1) is 12.2. The Morgan fingerprint density at radius 2 is 2.29 bits per heavy atom. The van der Waals surface area contributed by atoms with E-state index in [1.165, 1.54) is 4.88 Å². The quantitative estimate of drug-likeness (QED) is 0.866. The van der Waals surface area contributed by atoms with Gasteiger partial charge in [-0.05, 0) is 39.7 Å². The lowest BCUT2D eigenvalue weighted by atomic mass is 9.99. The van der Waals surface area contributed by atoms with Crippen LogP contribution >= 0.6 is 27.3 Å². The molecule has 0 saturated heterocycles. The summed E-state index contributed by atoms with van der Waals surface area (Å²) >= 11 is 5.18. The van der Waals surface area contributed by atoms with E-state index in [9.17, 15) is 5.11 Å². The van der Waals surface area contributed by atoms with E-state index in [1.807, 2.05) is 6.07 Å². The van der Waals surface area contributed by atoms with E-state index in [1.54, 1.807) is 11.3 Å². The van der Waals surface area contributed by atoms with Crippen LogP contribution in [0.1, 0.15) is 31.6 Å². The van der Waals surface area contributed by atoms with E-state index < -0.39 is 0 Å². The summed E-state index contributed by atoms with van der Waals surface area (Å²) in [6.45, 7) is 4.35. The summed E-state index contributed by atoms with van der Waals surface area (Å²) in [5.41, 5.74) is 0. The van der Waals surface area contributed by atoms with Crippen LogP contribution in [0.4, 0.5) is 0 Å². The average molecular weight is 277 g/mol. The molecule has 80 valence electrons. The fraction of sp³-hybridized carbons (Fsp3) is 0.636. The van der Waals surface area contributed by atoms with Gasteiger partial charge in [-0.2, -0.15) is 0 Å². The van der Waals surface area contributed by atoms with E-state index in [-0.39, 0.29) is 6.10 Å².